The molecule has 0 rings (SSSR count). The normalized spacial score (nSPS) is 15.5. The Kier molecular flexibility index (Phi) is 5.29. The first-order valence-electron chi connectivity index (χ1n) is 5.69. The van der Waals surface area contributed by atoms with E-state index in [1.54, 1.807) is 6.92 Å². The predicted octanol–water partition coefficient (Wildman–Crippen LogP) is 1.97. The summed E-state index contributed by atoms with van der Waals surface area (Å²) >= 11 is 0. The van der Waals surface area contributed by atoms with Gasteiger partial charge in [0.1, 0.15) is 0 Å². The number of hydrogen-bond donors (Lipinski definition) is 0. The maximum atomic E-state index is 11.4. The van der Waals surface area contributed by atoms with Crippen molar-refractivity contribution in [2.24, 2.45) is 0 Å². The molecule has 0 aromatic heterocycles. The highest BCUT2D eigenvalue weighted by Gasteiger charge is 2.30. The molecular weight excluding hydrogens is 188 g/mol. The van der Waals surface area contributed by atoms with Crippen molar-refractivity contribution in [3.63, 3.8) is 0 Å². The summed E-state index contributed by atoms with van der Waals surface area (Å²) in [4.78, 5) is 15.5. The van der Waals surface area contributed by atoms with Crippen LogP contribution in [0.1, 0.15) is 41.0 Å². The molecule has 0 aliphatic heterocycles. The first-order chi connectivity index (χ1) is 6.74. The van der Waals surface area contributed by atoms with E-state index in [4.69, 9.17) is 0 Å². The lowest BCUT2D eigenvalue weighted by Gasteiger charge is -2.41. The molecule has 0 fully saturated rings. The third-order valence-corrected chi connectivity index (χ3v) is 3.52. The molecule has 0 aromatic rings. The van der Waals surface area contributed by atoms with Gasteiger partial charge in [-0.2, -0.15) is 0 Å². The minimum atomic E-state index is -0.0646. The van der Waals surface area contributed by atoms with E-state index in [0.717, 1.165) is 13.0 Å². The largest absolute Gasteiger partial charge is 0.339 e. The van der Waals surface area contributed by atoms with Gasteiger partial charge in [-0.15, -0.1) is 0 Å². The molecule has 1 unspecified atom stereocenters. The Bertz CT molecular complexity index is 216. The summed E-state index contributed by atoms with van der Waals surface area (Å²) < 4.78 is 0. The summed E-state index contributed by atoms with van der Waals surface area (Å²) in [5.41, 5.74) is -0.0646. The fraction of sp³-hybridized carbons (Fsp3) is 0.917. The lowest BCUT2D eigenvalue weighted by atomic mass is 9.95. The molecule has 0 radical (unpaired) electrons. The summed E-state index contributed by atoms with van der Waals surface area (Å²) in [7, 11) is 3.99. The number of hydrogen-bond acceptors (Lipinski definition) is 2. The topological polar surface area (TPSA) is 23.6 Å². The number of amides is 1. The Morgan fingerprint density at radius 2 is 1.80 bits per heavy atom. The van der Waals surface area contributed by atoms with E-state index in [1.165, 1.54) is 0 Å². The van der Waals surface area contributed by atoms with Crippen LogP contribution in [0.5, 0.6) is 0 Å². The summed E-state index contributed by atoms with van der Waals surface area (Å²) in [5.74, 6) is 0.136. The van der Waals surface area contributed by atoms with Gasteiger partial charge in [0, 0.05) is 26.6 Å². The highest BCUT2D eigenvalue weighted by Crippen LogP contribution is 2.19. The smallest absolute Gasteiger partial charge is 0.219 e. The molecule has 3 heteroatoms. The number of nitrogens with zero attached hydrogens (tertiary/aromatic N) is 2. The van der Waals surface area contributed by atoms with Crippen LogP contribution in [0, 0.1) is 0 Å². The van der Waals surface area contributed by atoms with Crippen LogP contribution in [-0.2, 0) is 4.79 Å². The summed E-state index contributed by atoms with van der Waals surface area (Å²) in [6.45, 7) is 11.2. The van der Waals surface area contributed by atoms with Gasteiger partial charge in [0.2, 0.25) is 5.91 Å². The molecule has 0 aliphatic carbocycles. The number of carbonyl (C=O) groups excluding carboxylic acids is 1. The van der Waals surface area contributed by atoms with Crippen LogP contribution >= 0.6 is 0 Å². The molecule has 0 heterocycles. The highest BCUT2D eigenvalue weighted by molar-refractivity contribution is 5.73. The molecule has 1 amide bonds. The second kappa shape index (κ2) is 5.50. The Balaban J connectivity index is 4.63. The minimum Gasteiger partial charge on any atom is -0.339 e. The molecule has 0 spiro atoms. The van der Waals surface area contributed by atoms with E-state index >= 15 is 0 Å². The molecule has 0 saturated carbocycles. The van der Waals surface area contributed by atoms with E-state index in [0.29, 0.717) is 6.04 Å². The Labute approximate surface area is 94.4 Å². The van der Waals surface area contributed by atoms with Crippen LogP contribution in [0.2, 0.25) is 0 Å². The maximum Gasteiger partial charge on any atom is 0.219 e. The van der Waals surface area contributed by atoms with Crippen LogP contribution in [0.3, 0.4) is 0 Å². The second-order valence-electron chi connectivity index (χ2n) is 4.94. The zero-order chi connectivity index (χ0) is 12.2. The fourth-order valence-electron chi connectivity index (χ4n) is 1.56. The van der Waals surface area contributed by atoms with Crippen molar-refractivity contribution in [3.8, 4) is 0 Å². The molecule has 0 N–H and O–H groups in total. The first-order valence-corrected chi connectivity index (χ1v) is 5.69. The quantitative estimate of drug-likeness (QED) is 0.698. The van der Waals surface area contributed by atoms with Gasteiger partial charge in [-0.05, 0) is 34.2 Å². The zero-order valence-corrected chi connectivity index (χ0v) is 11.3. The average Bonchev–Trinajstić information content (AvgIpc) is 2.15. The Morgan fingerprint density at radius 3 is 2.07 bits per heavy atom. The van der Waals surface area contributed by atoms with Gasteiger partial charge in [-0.25, -0.2) is 0 Å². The first kappa shape index (κ1) is 14.4. The van der Waals surface area contributed by atoms with Crippen molar-refractivity contribution in [3.05, 3.63) is 0 Å². The second-order valence-corrected chi connectivity index (χ2v) is 4.94. The molecular formula is C12H26N2O. The van der Waals surface area contributed by atoms with Crippen molar-refractivity contribution < 1.29 is 4.79 Å². The van der Waals surface area contributed by atoms with E-state index in [1.807, 2.05) is 11.9 Å². The third kappa shape index (κ3) is 3.82. The number of carbonyl (C=O) groups is 1. The van der Waals surface area contributed by atoms with Gasteiger partial charge in [0.05, 0.1) is 5.54 Å². The molecule has 0 bridgehead atoms. The molecule has 1 atom stereocenters. The lowest BCUT2D eigenvalue weighted by Crippen LogP contribution is -2.53. The van der Waals surface area contributed by atoms with Crippen molar-refractivity contribution in [2.75, 3.05) is 20.6 Å². The summed E-state index contributed by atoms with van der Waals surface area (Å²) in [5, 5.41) is 0. The van der Waals surface area contributed by atoms with E-state index in [2.05, 4.69) is 39.6 Å². The van der Waals surface area contributed by atoms with Crippen LogP contribution in [0.25, 0.3) is 0 Å². The van der Waals surface area contributed by atoms with Gasteiger partial charge >= 0.3 is 0 Å². The number of rotatable bonds is 5. The predicted molar refractivity (Wildman–Crippen MR) is 64.9 cm³/mol. The molecule has 15 heavy (non-hydrogen) atoms. The van der Waals surface area contributed by atoms with Crippen LogP contribution < -0.4 is 0 Å². The molecule has 0 aromatic carbocycles. The fourth-order valence-corrected chi connectivity index (χ4v) is 1.56. The summed E-state index contributed by atoms with van der Waals surface area (Å²) in [6, 6.07) is 0.510. The lowest BCUT2D eigenvalue weighted by molar-refractivity contribution is -0.133. The van der Waals surface area contributed by atoms with Crippen molar-refractivity contribution >= 4 is 5.91 Å². The number of likely N-dealkylation sites (N-methyl/N-ethyl adjacent to an activating group) is 2. The standard InChI is InChI=1S/C12H26N2O/c1-8-12(5,14(7)11(4)15)9-13(6)10(2)3/h10H,8-9H2,1-7H3. The minimum absolute atomic E-state index is 0.0646. The van der Waals surface area contributed by atoms with Gasteiger partial charge < -0.3 is 9.80 Å². The van der Waals surface area contributed by atoms with Crippen molar-refractivity contribution in [1.82, 2.24) is 9.80 Å². The van der Waals surface area contributed by atoms with E-state index < -0.39 is 0 Å². The molecule has 3 nitrogen and oxygen atoms in total. The van der Waals surface area contributed by atoms with E-state index in [9.17, 15) is 4.79 Å². The Morgan fingerprint density at radius 1 is 1.33 bits per heavy atom. The molecule has 0 aliphatic rings. The van der Waals surface area contributed by atoms with Gasteiger partial charge in [0.15, 0.2) is 0 Å². The van der Waals surface area contributed by atoms with E-state index in [-0.39, 0.29) is 11.4 Å². The maximum absolute atomic E-state index is 11.4. The van der Waals surface area contributed by atoms with Gasteiger partial charge in [-0.3, -0.25) is 4.79 Å². The Hall–Kier alpha value is -0.570. The highest BCUT2D eigenvalue weighted by atomic mass is 16.2. The van der Waals surface area contributed by atoms with Crippen LogP contribution in [0.4, 0.5) is 0 Å². The zero-order valence-electron chi connectivity index (χ0n) is 11.3. The van der Waals surface area contributed by atoms with Crippen molar-refractivity contribution in [1.29, 1.82) is 0 Å². The van der Waals surface area contributed by atoms with Crippen LogP contribution in [0.15, 0.2) is 0 Å². The summed E-state index contributed by atoms with van der Waals surface area (Å²) in [6.07, 6.45) is 0.972. The molecule has 0 saturated heterocycles. The van der Waals surface area contributed by atoms with Crippen LogP contribution in [-0.4, -0.2) is 47.9 Å². The van der Waals surface area contributed by atoms with Crippen molar-refractivity contribution in [2.45, 2.75) is 52.6 Å². The van der Waals surface area contributed by atoms with Gasteiger partial charge in [0.25, 0.3) is 0 Å². The molecule has 90 valence electrons. The average molecular weight is 214 g/mol. The van der Waals surface area contributed by atoms with Gasteiger partial charge in [-0.1, -0.05) is 6.92 Å². The SMILES string of the molecule is CCC(C)(CN(C)C(C)C)N(C)C(C)=O. The third-order valence-electron chi connectivity index (χ3n) is 3.52. The monoisotopic (exact) mass is 214 g/mol.